The maximum absolute atomic E-state index is 13.0. The number of amides is 1. The van der Waals surface area contributed by atoms with Gasteiger partial charge in [-0.15, -0.1) is 0 Å². The fourth-order valence-electron chi connectivity index (χ4n) is 1.65. The van der Waals surface area contributed by atoms with E-state index in [1.165, 1.54) is 13.2 Å². The molecule has 0 aliphatic carbocycles. The highest BCUT2D eigenvalue weighted by Crippen LogP contribution is 2.25. The maximum Gasteiger partial charge on any atom is 0.262 e. The zero-order valence-corrected chi connectivity index (χ0v) is 11.2. The number of para-hydroxylation sites is 2. The lowest BCUT2D eigenvalue weighted by atomic mass is 10.3. The van der Waals surface area contributed by atoms with Gasteiger partial charge in [-0.2, -0.15) is 0 Å². The summed E-state index contributed by atoms with van der Waals surface area (Å²) in [7, 11) is 1.49. The van der Waals surface area contributed by atoms with Gasteiger partial charge in [0.1, 0.15) is 0 Å². The van der Waals surface area contributed by atoms with Crippen LogP contribution in [0.15, 0.2) is 42.5 Å². The van der Waals surface area contributed by atoms with E-state index in [1.54, 1.807) is 24.3 Å². The molecule has 0 atom stereocenters. The number of hydrogen-bond donors (Lipinski definition) is 1. The molecule has 0 saturated carbocycles. The van der Waals surface area contributed by atoms with E-state index in [0.29, 0.717) is 11.5 Å². The van der Waals surface area contributed by atoms with Crippen LogP contribution in [0.4, 0.5) is 14.5 Å². The van der Waals surface area contributed by atoms with Crippen LogP contribution in [0.5, 0.6) is 11.5 Å². The minimum Gasteiger partial charge on any atom is -0.493 e. The number of methoxy groups -OCH3 is 1. The van der Waals surface area contributed by atoms with Gasteiger partial charge in [-0.25, -0.2) is 8.78 Å². The van der Waals surface area contributed by atoms with Gasteiger partial charge in [-0.3, -0.25) is 4.79 Å². The standard InChI is InChI=1S/C15H13F2NO3/c1-20-13-4-2-3-5-14(13)21-9-15(19)18-10-6-7-11(16)12(17)8-10/h2-8H,9H2,1H3,(H,18,19). The van der Waals surface area contributed by atoms with Crippen LogP contribution in [0.2, 0.25) is 0 Å². The Bertz CT molecular complexity index is 647. The summed E-state index contributed by atoms with van der Waals surface area (Å²) in [5, 5.41) is 2.41. The van der Waals surface area contributed by atoms with Gasteiger partial charge < -0.3 is 14.8 Å². The summed E-state index contributed by atoms with van der Waals surface area (Å²) in [5.41, 5.74) is 0.155. The number of carbonyl (C=O) groups excluding carboxylic acids is 1. The smallest absolute Gasteiger partial charge is 0.262 e. The van der Waals surface area contributed by atoms with Crippen molar-refractivity contribution in [3.63, 3.8) is 0 Å². The van der Waals surface area contributed by atoms with Crippen molar-refractivity contribution in [2.75, 3.05) is 19.0 Å². The molecule has 2 aromatic carbocycles. The Morgan fingerprint density at radius 2 is 1.81 bits per heavy atom. The first-order valence-corrected chi connectivity index (χ1v) is 6.11. The van der Waals surface area contributed by atoms with Crippen LogP contribution < -0.4 is 14.8 Å². The molecule has 2 aromatic rings. The second-order valence-corrected chi connectivity index (χ2v) is 4.12. The molecule has 6 heteroatoms. The first kappa shape index (κ1) is 14.8. The van der Waals surface area contributed by atoms with Crippen LogP contribution in [-0.2, 0) is 4.79 Å². The number of anilines is 1. The molecule has 0 spiro atoms. The Balaban J connectivity index is 1.94. The Kier molecular flexibility index (Phi) is 4.71. The molecule has 0 unspecified atom stereocenters. The molecule has 2 rings (SSSR count). The first-order chi connectivity index (χ1) is 10.1. The van der Waals surface area contributed by atoms with Crippen LogP contribution in [0.1, 0.15) is 0 Å². The van der Waals surface area contributed by atoms with Gasteiger partial charge in [0.2, 0.25) is 0 Å². The third-order valence-corrected chi connectivity index (χ3v) is 2.63. The zero-order chi connectivity index (χ0) is 15.2. The second kappa shape index (κ2) is 6.69. The molecule has 110 valence electrons. The Morgan fingerprint density at radius 3 is 2.48 bits per heavy atom. The van der Waals surface area contributed by atoms with Crippen molar-refractivity contribution in [2.45, 2.75) is 0 Å². The topological polar surface area (TPSA) is 47.6 Å². The van der Waals surface area contributed by atoms with Crippen LogP contribution in [0.25, 0.3) is 0 Å². The molecule has 1 N–H and O–H groups in total. The second-order valence-electron chi connectivity index (χ2n) is 4.12. The number of halogens is 2. The highest BCUT2D eigenvalue weighted by molar-refractivity contribution is 5.91. The van der Waals surface area contributed by atoms with Gasteiger partial charge >= 0.3 is 0 Å². The molecule has 0 aliphatic rings. The number of nitrogens with one attached hydrogen (secondary N) is 1. The average molecular weight is 293 g/mol. The molecule has 0 bridgehead atoms. The lowest BCUT2D eigenvalue weighted by Crippen LogP contribution is -2.20. The maximum atomic E-state index is 13.0. The average Bonchev–Trinajstić information content (AvgIpc) is 2.49. The van der Waals surface area contributed by atoms with Gasteiger partial charge in [-0.1, -0.05) is 12.1 Å². The van der Waals surface area contributed by atoms with E-state index in [4.69, 9.17) is 9.47 Å². The molecule has 21 heavy (non-hydrogen) atoms. The molecule has 0 fully saturated rings. The van der Waals surface area contributed by atoms with Crippen LogP contribution >= 0.6 is 0 Å². The van der Waals surface area contributed by atoms with Gasteiger partial charge in [0.15, 0.2) is 29.7 Å². The van der Waals surface area contributed by atoms with Crippen molar-refractivity contribution in [2.24, 2.45) is 0 Å². The summed E-state index contributed by atoms with van der Waals surface area (Å²) in [6.45, 7) is -0.278. The van der Waals surface area contributed by atoms with Crippen LogP contribution in [0, 0.1) is 11.6 Å². The van der Waals surface area contributed by atoms with Crippen molar-refractivity contribution in [3.8, 4) is 11.5 Å². The van der Waals surface area contributed by atoms with Crippen molar-refractivity contribution >= 4 is 11.6 Å². The van der Waals surface area contributed by atoms with E-state index < -0.39 is 17.5 Å². The van der Waals surface area contributed by atoms with Gasteiger partial charge in [0.25, 0.3) is 5.91 Å². The third kappa shape index (κ3) is 3.92. The van der Waals surface area contributed by atoms with Crippen molar-refractivity contribution < 1.29 is 23.0 Å². The van der Waals surface area contributed by atoms with E-state index in [2.05, 4.69) is 5.32 Å². The summed E-state index contributed by atoms with van der Waals surface area (Å²) in [6, 6.07) is 9.96. The Morgan fingerprint density at radius 1 is 1.10 bits per heavy atom. The summed E-state index contributed by atoms with van der Waals surface area (Å²) < 4.78 is 36.2. The Hall–Kier alpha value is -2.63. The van der Waals surface area contributed by atoms with Crippen molar-refractivity contribution in [1.82, 2.24) is 0 Å². The lowest BCUT2D eigenvalue weighted by molar-refractivity contribution is -0.118. The summed E-state index contributed by atoms with van der Waals surface area (Å²) in [5.74, 6) is -1.58. The van der Waals surface area contributed by atoms with E-state index >= 15 is 0 Å². The molecule has 0 heterocycles. The minimum atomic E-state index is -1.03. The quantitative estimate of drug-likeness (QED) is 0.922. The highest BCUT2D eigenvalue weighted by atomic mass is 19.2. The third-order valence-electron chi connectivity index (χ3n) is 2.63. The fraction of sp³-hybridized carbons (Fsp3) is 0.133. The predicted octanol–water partition coefficient (Wildman–Crippen LogP) is 2.99. The van der Waals surface area contributed by atoms with Crippen LogP contribution in [0.3, 0.4) is 0 Å². The molecular formula is C15H13F2NO3. The molecular weight excluding hydrogens is 280 g/mol. The highest BCUT2D eigenvalue weighted by Gasteiger charge is 2.09. The molecule has 0 saturated heterocycles. The predicted molar refractivity (Wildman–Crippen MR) is 73.5 cm³/mol. The molecule has 1 amide bonds. The van der Waals surface area contributed by atoms with Crippen molar-refractivity contribution in [3.05, 3.63) is 54.1 Å². The fourth-order valence-corrected chi connectivity index (χ4v) is 1.65. The van der Waals surface area contributed by atoms with Gasteiger partial charge in [-0.05, 0) is 24.3 Å². The summed E-state index contributed by atoms with van der Waals surface area (Å²) in [4.78, 5) is 11.7. The van der Waals surface area contributed by atoms with Gasteiger partial charge in [0, 0.05) is 11.8 Å². The first-order valence-electron chi connectivity index (χ1n) is 6.11. The SMILES string of the molecule is COc1ccccc1OCC(=O)Nc1ccc(F)c(F)c1. The van der Waals surface area contributed by atoms with E-state index in [0.717, 1.165) is 12.1 Å². The van der Waals surface area contributed by atoms with Gasteiger partial charge in [0.05, 0.1) is 7.11 Å². The van der Waals surface area contributed by atoms with E-state index in [9.17, 15) is 13.6 Å². The summed E-state index contributed by atoms with van der Waals surface area (Å²) in [6.07, 6.45) is 0. The van der Waals surface area contributed by atoms with Crippen LogP contribution in [-0.4, -0.2) is 19.6 Å². The number of benzene rings is 2. The molecule has 0 radical (unpaired) electrons. The zero-order valence-electron chi connectivity index (χ0n) is 11.2. The molecule has 4 nitrogen and oxygen atoms in total. The normalized spacial score (nSPS) is 10.0. The minimum absolute atomic E-state index is 0.155. The summed E-state index contributed by atoms with van der Waals surface area (Å²) >= 11 is 0. The monoisotopic (exact) mass is 293 g/mol. The molecule has 0 aliphatic heterocycles. The van der Waals surface area contributed by atoms with E-state index in [-0.39, 0.29) is 12.3 Å². The van der Waals surface area contributed by atoms with E-state index in [1.807, 2.05) is 0 Å². The largest absolute Gasteiger partial charge is 0.493 e. The number of rotatable bonds is 5. The number of hydrogen-bond acceptors (Lipinski definition) is 3. The molecule has 0 aromatic heterocycles. The van der Waals surface area contributed by atoms with Crippen molar-refractivity contribution in [1.29, 1.82) is 0 Å². The number of ether oxygens (including phenoxy) is 2. The lowest BCUT2D eigenvalue weighted by Gasteiger charge is -2.10. The number of carbonyl (C=O) groups is 1. The Labute approximate surface area is 120 Å².